The fourth-order valence-electron chi connectivity index (χ4n) is 2.20. The Kier molecular flexibility index (Phi) is 3.03. The van der Waals surface area contributed by atoms with E-state index < -0.39 is 0 Å². The maximum atomic E-state index is 11.4. The summed E-state index contributed by atoms with van der Waals surface area (Å²) >= 11 is 0. The van der Waals surface area contributed by atoms with Gasteiger partial charge in [0.05, 0.1) is 6.61 Å². The van der Waals surface area contributed by atoms with Gasteiger partial charge in [0.2, 0.25) is 5.91 Å². The largest absolute Gasteiger partial charge is 0.381 e. The summed E-state index contributed by atoms with van der Waals surface area (Å²) in [5.74, 6) is 1.54. The monoisotopic (exact) mass is 198 g/mol. The van der Waals surface area contributed by atoms with Gasteiger partial charge >= 0.3 is 0 Å². The first-order chi connectivity index (χ1) is 6.83. The fraction of sp³-hybridized carbons (Fsp3) is 0.900. The minimum atomic E-state index is 0.137. The van der Waals surface area contributed by atoms with Crippen LogP contribution in [0.3, 0.4) is 0 Å². The minimum Gasteiger partial charge on any atom is -0.381 e. The van der Waals surface area contributed by atoms with Crippen molar-refractivity contribution in [2.24, 2.45) is 11.8 Å². The van der Waals surface area contributed by atoms with Gasteiger partial charge in [-0.15, -0.1) is 0 Å². The first kappa shape index (κ1) is 9.93. The normalized spacial score (nSPS) is 33.9. The third kappa shape index (κ3) is 2.07. The molecule has 14 heavy (non-hydrogen) atoms. The molecule has 0 radical (unpaired) electrons. The molecule has 4 heteroatoms. The maximum absolute atomic E-state index is 11.4. The number of fused-ring (bicyclic) bond motifs is 1. The predicted molar refractivity (Wildman–Crippen MR) is 52.9 cm³/mol. The smallest absolute Gasteiger partial charge is 0.222 e. The molecule has 0 bridgehead atoms. The maximum Gasteiger partial charge on any atom is 0.222 e. The average Bonchev–Trinajstić information content (AvgIpc) is 2.64. The Bertz CT molecular complexity index is 210. The van der Waals surface area contributed by atoms with Gasteiger partial charge in [0.1, 0.15) is 0 Å². The molecule has 2 rings (SSSR count). The zero-order chi connectivity index (χ0) is 9.97. The highest BCUT2D eigenvalue weighted by atomic mass is 16.5. The van der Waals surface area contributed by atoms with Gasteiger partial charge in [-0.2, -0.15) is 0 Å². The number of piperidine rings is 1. The SMILES string of the molecule is CCOCCC(=O)NC1C2CNCC21. The van der Waals surface area contributed by atoms with Crippen molar-refractivity contribution < 1.29 is 9.53 Å². The Morgan fingerprint density at radius 2 is 2.21 bits per heavy atom. The lowest BCUT2D eigenvalue weighted by Crippen LogP contribution is -2.32. The molecule has 1 saturated carbocycles. The fourth-order valence-corrected chi connectivity index (χ4v) is 2.20. The molecule has 80 valence electrons. The van der Waals surface area contributed by atoms with Crippen molar-refractivity contribution in [3.05, 3.63) is 0 Å². The van der Waals surface area contributed by atoms with Gasteiger partial charge in [-0.25, -0.2) is 0 Å². The molecule has 0 aromatic heterocycles. The summed E-state index contributed by atoms with van der Waals surface area (Å²) in [5, 5.41) is 6.36. The second kappa shape index (κ2) is 4.28. The molecule has 0 aromatic carbocycles. The Balaban J connectivity index is 1.59. The lowest BCUT2D eigenvalue weighted by molar-refractivity contribution is -0.122. The molecule has 2 fully saturated rings. The van der Waals surface area contributed by atoms with E-state index in [4.69, 9.17) is 4.74 Å². The van der Waals surface area contributed by atoms with Crippen LogP contribution in [0.25, 0.3) is 0 Å². The Morgan fingerprint density at radius 3 is 2.86 bits per heavy atom. The van der Waals surface area contributed by atoms with E-state index in [2.05, 4.69) is 10.6 Å². The summed E-state index contributed by atoms with van der Waals surface area (Å²) in [6, 6.07) is 0.449. The van der Waals surface area contributed by atoms with Crippen molar-refractivity contribution in [1.82, 2.24) is 10.6 Å². The zero-order valence-corrected chi connectivity index (χ0v) is 8.58. The van der Waals surface area contributed by atoms with Crippen LogP contribution < -0.4 is 10.6 Å². The topological polar surface area (TPSA) is 50.4 Å². The van der Waals surface area contributed by atoms with Gasteiger partial charge in [0, 0.05) is 32.2 Å². The van der Waals surface area contributed by atoms with Crippen LogP contribution in [0.2, 0.25) is 0 Å². The molecular weight excluding hydrogens is 180 g/mol. The van der Waals surface area contributed by atoms with Crippen LogP contribution in [-0.4, -0.2) is 38.3 Å². The zero-order valence-electron chi connectivity index (χ0n) is 8.58. The number of carbonyl (C=O) groups excluding carboxylic acids is 1. The molecule has 2 N–H and O–H groups in total. The Labute approximate surface area is 84.4 Å². The second-order valence-corrected chi connectivity index (χ2v) is 4.03. The Hall–Kier alpha value is -0.610. The van der Waals surface area contributed by atoms with Crippen molar-refractivity contribution in [2.75, 3.05) is 26.3 Å². The summed E-state index contributed by atoms with van der Waals surface area (Å²) < 4.78 is 5.13. The van der Waals surface area contributed by atoms with Gasteiger partial charge in [0.15, 0.2) is 0 Å². The van der Waals surface area contributed by atoms with E-state index in [0.717, 1.165) is 13.1 Å². The van der Waals surface area contributed by atoms with Crippen LogP contribution in [-0.2, 0) is 9.53 Å². The number of hydrogen-bond donors (Lipinski definition) is 2. The Morgan fingerprint density at radius 1 is 1.50 bits per heavy atom. The van der Waals surface area contributed by atoms with Gasteiger partial charge in [-0.1, -0.05) is 0 Å². The van der Waals surface area contributed by atoms with Gasteiger partial charge in [-0.05, 0) is 18.8 Å². The van der Waals surface area contributed by atoms with Crippen LogP contribution in [0.15, 0.2) is 0 Å². The number of ether oxygens (including phenoxy) is 1. The van der Waals surface area contributed by atoms with E-state index in [9.17, 15) is 4.79 Å². The van der Waals surface area contributed by atoms with Crippen molar-refractivity contribution in [3.8, 4) is 0 Å². The lowest BCUT2D eigenvalue weighted by atomic mass is 10.3. The van der Waals surface area contributed by atoms with Crippen LogP contribution in [0.5, 0.6) is 0 Å². The molecule has 1 aliphatic heterocycles. The highest BCUT2D eigenvalue weighted by Crippen LogP contribution is 2.41. The molecule has 4 nitrogen and oxygen atoms in total. The third-order valence-electron chi connectivity index (χ3n) is 3.10. The van der Waals surface area contributed by atoms with Crippen LogP contribution in [0.4, 0.5) is 0 Å². The number of hydrogen-bond acceptors (Lipinski definition) is 3. The molecule has 2 atom stereocenters. The molecular formula is C10H18N2O2. The van der Waals surface area contributed by atoms with E-state index in [1.165, 1.54) is 0 Å². The molecule has 0 spiro atoms. The van der Waals surface area contributed by atoms with Crippen LogP contribution in [0.1, 0.15) is 13.3 Å². The van der Waals surface area contributed by atoms with Gasteiger partial charge in [-0.3, -0.25) is 4.79 Å². The van der Waals surface area contributed by atoms with Gasteiger partial charge in [0.25, 0.3) is 0 Å². The highest BCUT2D eigenvalue weighted by molar-refractivity contribution is 5.76. The number of amides is 1. The molecule has 0 aromatic rings. The first-order valence-electron chi connectivity index (χ1n) is 5.40. The van der Waals surface area contributed by atoms with Crippen molar-refractivity contribution >= 4 is 5.91 Å². The van der Waals surface area contributed by atoms with Crippen LogP contribution >= 0.6 is 0 Å². The molecule has 1 heterocycles. The van der Waals surface area contributed by atoms with E-state index in [1.54, 1.807) is 0 Å². The van der Waals surface area contributed by atoms with E-state index in [-0.39, 0.29) is 5.91 Å². The van der Waals surface area contributed by atoms with Crippen molar-refractivity contribution in [2.45, 2.75) is 19.4 Å². The number of nitrogens with one attached hydrogen (secondary N) is 2. The third-order valence-corrected chi connectivity index (χ3v) is 3.10. The predicted octanol–water partition coefficient (Wildman–Crippen LogP) is -0.253. The summed E-state index contributed by atoms with van der Waals surface area (Å²) in [5.41, 5.74) is 0. The average molecular weight is 198 g/mol. The first-order valence-corrected chi connectivity index (χ1v) is 5.40. The molecule has 1 aliphatic carbocycles. The van der Waals surface area contributed by atoms with Crippen molar-refractivity contribution in [1.29, 1.82) is 0 Å². The summed E-state index contributed by atoms with van der Waals surface area (Å²) in [4.78, 5) is 11.4. The summed E-state index contributed by atoms with van der Waals surface area (Å²) in [6.45, 7) is 5.31. The second-order valence-electron chi connectivity index (χ2n) is 4.03. The van der Waals surface area contributed by atoms with Crippen LogP contribution in [0, 0.1) is 11.8 Å². The van der Waals surface area contributed by atoms with E-state index in [1.807, 2.05) is 6.92 Å². The standard InChI is InChI=1S/C10H18N2O2/c1-2-14-4-3-9(13)12-10-7-5-11-6-8(7)10/h7-8,10-11H,2-6H2,1H3,(H,12,13). The van der Waals surface area contributed by atoms with E-state index in [0.29, 0.717) is 37.5 Å². The number of rotatable bonds is 5. The molecule has 2 unspecified atom stereocenters. The van der Waals surface area contributed by atoms with Gasteiger partial charge < -0.3 is 15.4 Å². The summed E-state index contributed by atoms with van der Waals surface area (Å²) in [7, 11) is 0. The number of carbonyl (C=O) groups is 1. The lowest BCUT2D eigenvalue weighted by Gasteiger charge is -2.07. The quantitative estimate of drug-likeness (QED) is 0.599. The molecule has 1 amide bonds. The highest BCUT2D eigenvalue weighted by Gasteiger charge is 2.53. The van der Waals surface area contributed by atoms with Crippen molar-refractivity contribution in [3.63, 3.8) is 0 Å². The molecule has 2 aliphatic rings. The van der Waals surface area contributed by atoms with E-state index >= 15 is 0 Å². The molecule has 1 saturated heterocycles. The summed E-state index contributed by atoms with van der Waals surface area (Å²) in [6.07, 6.45) is 0.497. The minimum absolute atomic E-state index is 0.137.